The van der Waals surface area contributed by atoms with Gasteiger partial charge in [-0.2, -0.15) is 0 Å². The minimum Gasteiger partial charge on any atom is -0.493 e. The largest absolute Gasteiger partial charge is 0.493 e. The summed E-state index contributed by atoms with van der Waals surface area (Å²) in [6.45, 7) is 5.02. The summed E-state index contributed by atoms with van der Waals surface area (Å²) in [7, 11) is 6.56. The summed E-state index contributed by atoms with van der Waals surface area (Å²) in [6.07, 6.45) is 2.07. The number of methoxy groups -OCH3 is 3. The van der Waals surface area contributed by atoms with E-state index in [0.717, 1.165) is 44.1 Å². The number of nitrogens with zero attached hydrogens (tertiary/aromatic N) is 1. The summed E-state index contributed by atoms with van der Waals surface area (Å²) < 4.78 is 21.4. The first-order valence-electron chi connectivity index (χ1n) is 8.51. The molecule has 0 aliphatic rings. The predicted molar refractivity (Wildman–Crippen MR) is 100 cm³/mol. The molecule has 0 spiro atoms. The van der Waals surface area contributed by atoms with Crippen LogP contribution in [0.15, 0.2) is 17.1 Å². The Morgan fingerprint density at radius 3 is 2.20 bits per heavy atom. The van der Waals surface area contributed by atoms with E-state index in [9.17, 15) is 0 Å². The van der Waals surface area contributed by atoms with Gasteiger partial charge >= 0.3 is 0 Å². The summed E-state index contributed by atoms with van der Waals surface area (Å²) in [5, 5.41) is 6.58. The molecule has 1 aromatic rings. The van der Waals surface area contributed by atoms with E-state index in [2.05, 4.69) is 15.6 Å². The lowest BCUT2D eigenvalue weighted by atomic mass is 10.2. The smallest absolute Gasteiger partial charge is 0.203 e. The summed E-state index contributed by atoms with van der Waals surface area (Å²) in [5.74, 6) is 2.62. The van der Waals surface area contributed by atoms with E-state index >= 15 is 0 Å². The number of unbranched alkanes of at least 4 members (excludes halogenated alkanes) is 1. The first-order valence-corrected chi connectivity index (χ1v) is 8.51. The second-order valence-electron chi connectivity index (χ2n) is 5.29. The highest BCUT2D eigenvalue weighted by molar-refractivity contribution is 5.79. The Morgan fingerprint density at radius 2 is 1.68 bits per heavy atom. The van der Waals surface area contributed by atoms with Crippen LogP contribution in [0.3, 0.4) is 0 Å². The summed E-state index contributed by atoms with van der Waals surface area (Å²) in [6, 6.07) is 3.84. The van der Waals surface area contributed by atoms with Crippen molar-refractivity contribution in [2.75, 3.05) is 48.1 Å². The third kappa shape index (κ3) is 7.09. The fraction of sp³-hybridized carbons (Fsp3) is 0.611. The van der Waals surface area contributed by atoms with Crippen LogP contribution in [0.2, 0.25) is 0 Å². The van der Waals surface area contributed by atoms with E-state index in [0.29, 0.717) is 23.8 Å². The van der Waals surface area contributed by atoms with Gasteiger partial charge in [0, 0.05) is 33.4 Å². The highest BCUT2D eigenvalue weighted by Gasteiger charge is 2.13. The zero-order valence-electron chi connectivity index (χ0n) is 16.0. The lowest BCUT2D eigenvalue weighted by molar-refractivity contribution is 0.143. The molecule has 7 nitrogen and oxygen atoms in total. The second kappa shape index (κ2) is 12.2. The average molecular weight is 353 g/mol. The monoisotopic (exact) mass is 353 g/mol. The summed E-state index contributed by atoms with van der Waals surface area (Å²) >= 11 is 0. The van der Waals surface area contributed by atoms with Crippen molar-refractivity contribution in [2.24, 2.45) is 4.99 Å². The Balaban J connectivity index is 2.55. The molecule has 0 unspecified atom stereocenters. The Hall–Kier alpha value is -2.15. The molecule has 0 aliphatic heterocycles. The minimum atomic E-state index is 0.588. The number of hydrogen-bond acceptors (Lipinski definition) is 5. The number of guanidine groups is 1. The molecular weight excluding hydrogens is 322 g/mol. The van der Waals surface area contributed by atoms with E-state index in [-0.39, 0.29) is 0 Å². The summed E-state index contributed by atoms with van der Waals surface area (Å²) in [4.78, 5) is 4.23. The van der Waals surface area contributed by atoms with Gasteiger partial charge in [0.2, 0.25) is 5.75 Å². The molecule has 0 aromatic heterocycles. The molecule has 0 bridgehead atoms. The molecule has 0 amide bonds. The highest BCUT2D eigenvalue weighted by Crippen LogP contribution is 2.38. The van der Waals surface area contributed by atoms with Crippen molar-refractivity contribution in [3.8, 4) is 17.2 Å². The molecule has 7 heteroatoms. The molecule has 0 atom stereocenters. The van der Waals surface area contributed by atoms with Gasteiger partial charge in [0.05, 0.1) is 21.3 Å². The van der Waals surface area contributed by atoms with Crippen LogP contribution < -0.4 is 24.8 Å². The van der Waals surface area contributed by atoms with Crippen molar-refractivity contribution in [1.29, 1.82) is 0 Å². The molecule has 0 fully saturated rings. The molecule has 0 saturated heterocycles. The van der Waals surface area contributed by atoms with Gasteiger partial charge in [-0.05, 0) is 37.5 Å². The van der Waals surface area contributed by atoms with Gasteiger partial charge in [0.15, 0.2) is 17.5 Å². The molecule has 25 heavy (non-hydrogen) atoms. The first kappa shape index (κ1) is 20.9. The molecule has 2 N–H and O–H groups in total. The maximum Gasteiger partial charge on any atom is 0.203 e. The van der Waals surface area contributed by atoms with E-state index in [1.807, 2.05) is 19.1 Å². The van der Waals surface area contributed by atoms with Gasteiger partial charge < -0.3 is 29.6 Å². The Bertz CT molecular complexity index is 510. The van der Waals surface area contributed by atoms with Crippen molar-refractivity contribution in [3.05, 3.63) is 17.7 Å². The third-order valence-electron chi connectivity index (χ3n) is 3.62. The molecule has 1 aromatic carbocycles. The van der Waals surface area contributed by atoms with Crippen LogP contribution in [0.25, 0.3) is 0 Å². The number of ether oxygens (including phenoxy) is 4. The van der Waals surface area contributed by atoms with Crippen LogP contribution in [-0.2, 0) is 11.3 Å². The quantitative estimate of drug-likeness (QED) is 0.361. The Kier molecular flexibility index (Phi) is 10.2. The fourth-order valence-corrected chi connectivity index (χ4v) is 2.32. The van der Waals surface area contributed by atoms with E-state index in [1.165, 1.54) is 0 Å². The molecule has 0 aliphatic carbocycles. The van der Waals surface area contributed by atoms with E-state index in [4.69, 9.17) is 18.9 Å². The van der Waals surface area contributed by atoms with Crippen molar-refractivity contribution >= 4 is 5.96 Å². The van der Waals surface area contributed by atoms with Crippen LogP contribution in [0, 0.1) is 0 Å². The van der Waals surface area contributed by atoms with Crippen molar-refractivity contribution in [3.63, 3.8) is 0 Å². The van der Waals surface area contributed by atoms with E-state index in [1.54, 1.807) is 28.4 Å². The lowest BCUT2D eigenvalue weighted by Crippen LogP contribution is -2.37. The number of nitrogens with one attached hydrogen (secondary N) is 2. The maximum atomic E-state index is 5.37. The van der Waals surface area contributed by atoms with Crippen LogP contribution in [-0.4, -0.2) is 54.1 Å². The minimum absolute atomic E-state index is 0.588. The summed E-state index contributed by atoms with van der Waals surface area (Å²) in [5.41, 5.74) is 1.01. The second-order valence-corrected chi connectivity index (χ2v) is 5.29. The Morgan fingerprint density at radius 1 is 1.00 bits per heavy atom. The van der Waals surface area contributed by atoms with Gasteiger partial charge in [-0.25, -0.2) is 0 Å². The number of benzene rings is 1. The van der Waals surface area contributed by atoms with Crippen LogP contribution >= 0.6 is 0 Å². The fourth-order valence-electron chi connectivity index (χ4n) is 2.32. The van der Waals surface area contributed by atoms with Crippen molar-refractivity contribution in [2.45, 2.75) is 26.3 Å². The first-order chi connectivity index (χ1) is 12.2. The highest BCUT2D eigenvalue weighted by atomic mass is 16.5. The number of hydrogen-bond donors (Lipinski definition) is 2. The SMILES string of the molecule is CCOCCCCNC(=NC)NCc1cc(OC)c(OC)c(OC)c1. The van der Waals surface area contributed by atoms with Crippen molar-refractivity contribution in [1.82, 2.24) is 10.6 Å². The lowest BCUT2D eigenvalue weighted by Gasteiger charge is -2.16. The Labute approximate surface area is 150 Å². The topological polar surface area (TPSA) is 73.3 Å². The third-order valence-corrected chi connectivity index (χ3v) is 3.62. The van der Waals surface area contributed by atoms with Gasteiger partial charge in [-0.1, -0.05) is 0 Å². The van der Waals surface area contributed by atoms with Crippen LogP contribution in [0.5, 0.6) is 17.2 Å². The van der Waals surface area contributed by atoms with Crippen molar-refractivity contribution < 1.29 is 18.9 Å². The molecule has 142 valence electrons. The molecule has 0 heterocycles. The average Bonchev–Trinajstić information content (AvgIpc) is 2.65. The molecule has 0 radical (unpaired) electrons. The zero-order chi connectivity index (χ0) is 18.5. The van der Waals surface area contributed by atoms with Gasteiger partial charge in [0.25, 0.3) is 0 Å². The predicted octanol–water partition coefficient (Wildman–Crippen LogP) is 2.19. The molecule has 0 saturated carbocycles. The van der Waals surface area contributed by atoms with Gasteiger partial charge in [-0.15, -0.1) is 0 Å². The maximum absolute atomic E-state index is 5.37. The molecule has 1 rings (SSSR count). The van der Waals surface area contributed by atoms with Crippen LogP contribution in [0.1, 0.15) is 25.3 Å². The normalized spacial score (nSPS) is 11.2. The molecular formula is C18H31N3O4. The van der Waals surface area contributed by atoms with Gasteiger partial charge in [-0.3, -0.25) is 4.99 Å². The number of aliphatic imine (C=N–C) groups is 1. The van der Waals surface area contributed by atoms with E-state index < -0.39 is 0 Å². The zero-order valence-corrected chi connectivity index (χ0v) is 16.0. The van der Waals surface area contributed by atoms with Gasteiger partial charge in [0.1, 0.15) is 0 Å². The number of rotatable bonds is 11. The standard InChI is InChI=1S/C18H31N3O4/c1-6-25-10-8-7-9-20-18(19-2)21-13-14-11-15(22-3)17(24-5)16(12-14)23-4/h11-12H,6-10,13H2,1-5H3,(H2,19,20,21). The van der Waals surface area contributed by atoms with Crippen LogP contribution in [0.4, 0.5) is 0 Å².